The standard InChI is InChI=1S/C7H6F3N3O3S/c8-7(9,10)3-1-4(14)12-6(11-3)17-2-5(15)13-16/h1,16H,2H2,(H,13,15)(H,11,12,14). The molecule has 3 N–H and O–H groups in total. The van der Waals surface area contributed by atoms with Crippen molar-refractivity contribution in [3.63, 3.8) is 0 Å². The minimum Gasteiger partial charge on any atom is -0.301 e. The number of carbonyl (C=O) groups is 1. The minimum absolute atomic E-state index is 0.316. The van der Waals surface area contributed by atoms with Crippen LogP contribution in [0, 0.1) is 0 Å². The SMILES string of the molecule is O=C(CSc1nc(C(F)(F)F)cc(=O)[nH]1)NO. The average Bonchev–Trinajstić information content (AvgIpc) is 2.24. The van der Waals surface area contributed by atoms with Gasteiger partial charge in [-0.25, -0.2) is 10.5 Å². The van der Waals surface area contributed by atoms with Crippen molar-refractivity contribution in [2.24, 2.45) is 0 Å². The summed E-state index contributed by atoms with van der Waals surface area (Å²) in [6, 6.07) is 0.316. The van der Waals surface area contributed by atoms with Crippen LogP contribution in [-0.2, 0) is 11.0 Å². The molecule has 0 aromatic carbocycles. The maximum atomic E-state index is 12.3. The van der Waals surface area contributed by atoms with E-state index in [1.807, 2.05) is 4.98 Å². The first-order chi connectivity index (χ1) is 7.82. The lowest BCUT2D eigenvalue weighted by Gasteiger charge is -2.06. The third kappa shape index (κ3) is 4.07. The number of H-pyrrole nitrogens is 1. The van der Waals surface area contributed by atoms with Crippen LogP contribution in [0.25, 0.3) is 0 Å². The zero-order valence-corrected chi connectivity index (χ0v) is 8.85. The van der Waals surface area contributed by atoms with Crippen molar-refractivity contribution in [3.8, 4) is 0 Å². The lowest BCUT2D eigenvalue weighted by Crippen LogP contribution is -2.21. The summed E-state index contributed by atoms with van der Waals surface area (Å²) < 4.78 is 36.8. The predicted octanol–water partition coefficient (Wildman–Crippen LogP) is 0.386. The Labute approximate surface area is 96.2 Å². The molecule has 0 saturated heterocycles. The molecule has 0 saturated carbocycles. The third-order valence-electron chi connectivity index (χ3n) is 1.48. The number of alkyl halides is 3. The van der Waals surface area contributed by atoms with Crippen LogP contribution < -0.4 is 11.0 Å². The number of aromatic amines is 1. The van der Waals surface area contributed by atoms with Crippen LogP contribution in [0.4, 0.5) is 13.2 Å². The highest BCUT2D eigenvalue weighted by molar-refractivity contribution is 7.99. The molecule has 0 bridgehead atoms. The summed E-state index contributed by atoms with van der Waals surface area (Å²) >= 11 is 0.559. The van der Waals surface area contributed by atoms with Gasteiger partial charge in [0.1, 0.15) is 0 Å². The molecular weight excluding hydrogens is 263 g/mol. The van der Waals surface area contributed by atoms with Crippen LogP contribution in [0.2, 0.25) is 0 Å². The Hall–Kier alpha value is -1.55. The summed E-state index contributed by atoms with van der Waals surface area (Å²) in [6.45, 7) is 0. The van der Waals surface area contributed by atoms with Gasteiger partial charge >= 0.3 is 6.18 Å². The molecule has 10 heteroatoms. The number of amides is 1. The fraction of sp³-hybridized carbons (Fsp3) is 0.286. The van der Waals surface area contributed by atoms with E-state index in [4.69, 9.17) is 5.21 Å². The zero-order chi connectivity index (χ0) is 13.1. The van der Waals surface area contributed by atoms with Crippen molar-refractivity contribution < 1.29 is 23.2 Å². The number of rotatable bonds is 3. The molecule has 1 aromatic heterocycles. The molecule has 0 radical (unpaired) electrons. The lowest BCUT2D eigenvalue weighted by molar-refractivity contribution is -0.141. The highest BCUT2D eigenvalue weighted by Crippen LogP contribution is 2.27. The highest BCUT2D eigenvalue weighted by Gasteiger charge is 2.33. The van der Waals surface area contributed by atoms with Gasteiger partial charge in [0.25, 0.3) is 11.5 Å². The zero-order valence-electron chi connectivity index (χ0n) is 8.04. The molecule has 0 unspecified atom stereocenters. The summed E-state index contributed by atoms with van der Waals surface area (Å²) in [5, 5.41) is 7.81. The van der Waals surface area contributed by atoms with E-state index in [-0.39, 0.29) is 10.9 Å². The van der Waals surface area contributed by atoms with Gasteiger partial charge in [0.15, 0.2) is 10.9 Å². The Bertz CT molecular complexity index is 473. The maximum absolute atomic E-state index is 12.3. The first-order valence-electron chi connectivity index (χ1n) is 4.07. The van der Waals surface area contributed by atoms with Gasteiger partial charge in [0.05, 0.1) is 5.75 Å². The Balaban J connectivity index is 2.91. The number of nitrogens with one attached hydrogen (secondary N) is 2. The van der Waals surface area contributed by atoms with Gasteiger partial charge in [0.2, 0.25) is 0 Å². The molecule has 1 rings (SSSR count). The van der Waals surface area contributed by atoms with E-state index in [0.717, 1.165) is 0 Å². The smallest absolute Gasteiger partial charge is 0.301 e. The quantitative estimate of drug-likeness (QED) is 0.319. The molecule has 0 atom stereocenters. The fourth-order valence-electron chi connectivity index (χ4n) is 0.815. The molecule has 1 aromatic rings. The second kappa shape index (κ2) is 5.19. The Morgan fingerprint density at radius 3 is 2.76 bits per heavy atom. The lowest BCUT2D eigenvalue weighted by atomic mass is 10.4. The molecule has 0 aliphatic rings. The molecule has 0 fully saturated rings. The van der Waals surface area contributed by atoms with E-state index in [2.05, 4.69) is 4.98 Å². The van der Waals surface area contributed by atoms with E-state index < -0.39 is 23.3 Å². The maximum Gasteiger partial charge on any atom is 0.433 e. The molecule has 1 amide bonds. The molecule has 0 aliphatic heterocycles. The van der Waals surface area contributed by atoms with Crippen molar-refractivity contribution in [1.82, 2.24) is 15.4 Å². The van der Waals surface area contributed by atoms with Crippen LogP contribution in [0.5, 0.6) is 0 Å². The Kier molecular flexibility index (Phi) is 4.12. The van der Waals surface area contributed by atoms with Crippen LogP contribution >= 0.6 is 11.8 Å². The average molecular weight is 269 g/mol. The van der Waals surface area contributed by atoms with Crippen molar-refractivity contribution in [2.45, 2.75) is 11.3 Å². The second-order valence-electron chi connectivity index (χ2n) is 2.76. The monoisotopic (exact) mass is 269 g/mol. The number of hydroxylamine groups is 1. The van der Waals surface area contributed by atoms with Gasteiger partial charge in [-0.15, -0.1) is 0 Å². The summed E-state index contributed by atoms with van der Waals surface area (Å²) in [5.74, 6) is -1.20. The number of aromatic nitrogens is 2. The van der Waals surface area contributed by atoms with Crippen molar-refractivity contribution in [1.29, 1.82) is 0 Å². The van der Waals surface area contributed by atoms with E-state index >= 15 is 0 Å². The Morgan fingerprint density at radius 1 is 1.59 bits per heavy atom. The number of nitrogens with zero attached hydrogens (tertiary/aromatic N) is 1. The van der Waals surface area contributed by atoms with E-state index in [1.54, 1.807) is 0 Å². The van der Waals surface area contributed by atoms with Gasteiger partial charge in [-0.1, -0.05) is 11.8 Å². The van der Waals surface area contributed by atoms with Crippen LogP contribution in [0.15, 0.2) is 16.0 Å². The van der Waals surface area contributed by atoms with Crippen molar-refractivity contribution >= 4 is 17.7 Å². The number of carbonyl (C=O) groups excluding carboxylic acids is 1. The molecule has 6 nitrogen and oxygen atoms in total. The first kappa shape index (κ1) is 13.5. The Morgan fingerprint density at radius 2 is 2.24 bits per heavy atom. The van der Waals surface area contributed by atoms with Crippen molar-refractivity contribution in [3.05, 3.63) is 22.1 Å². The largest absolute Gasteiger partial charge is 0.433 e. The number of halogens is 3. The minimum atomic E-state index is -4.73. The summed E-state index contributed by atoms with van der Waals surface area (Å²) in [5.41, 5.74) is -1.02. The summed E-state index contributed by atoms with van der Waals surface area (Å²) in [7, 11) is 0. The van der Waals surface area contributed by atoms with Gasteiger partial charge in [-0.3, -0.25) is 14.8 Å². The van der Waals surface area contributed by atoms with E-state index in [0.29, 0.717) is 17.8 Å². The molecular formula is C7H6F3N3O3S. The van der Waals surface area contributed by atoms with E-state index in [9.17, 15) is 22.8 Å². The van der Waals surface area contributed by atoms with Gasteiger partial charge in [-0.05, 0) is 0 Å². The molecule has 94 valence electrons. The van der Waals surface area contributed by atoms with Crippen LogP contribution in [-0.4, -0.2) is 26.8 Å². The van der Waals surface area contributed by atoms with Gasteiger partial charge in [-0.2, -0.15) is 13.2 Å². The number of hydrogen-bond acceptors (Lipinski definition) is 5. The normalized spacial score (nSPS) is 11.3. The molecule has 17 heavy (non-hydrogen) atoms. The highest BCUT2D eigenvalue weighted by atomic mass is 32.2. The van der Waals surface area contributed by atoms with Crippen molar-refractivity contribution in [2.75, 3.05) is 5.75 Å². The first-order valence-corrected chi connectivity index (χ1v) is 5.06. The van der Waals surface area contributed by atoms with E-state index in [1.165, 1.54) is 5.48 Å². The van der Waals surface area contributed by atoms with Crippen LogP contribution in [0.1, 0.15) is 5.69 Å². The topological polar surface area (TPSA) is 95.1 Å². The van der Waals surface area contributed by atoms with Crippen LogP contribution in [0.3, 0.4) is 0 Å². The fourth-order valence-corrected chi connectivity index (χ4v) is 1.48. The third-order valence-corrected chi connectivity index (χ3v) is 2.35. The number of thioether (sulfide) groups is 1. The molecule has 0 aliphatic carbocycles. The molecule has 0 spiro atoms. The predicted molar refractivity (Wildman–Crippen MR) is 50.5 cm³/mol. The summed E-state index contributed by atoms with van der Waals surface area (Å²) in [6.07, 6.45) is -4.73. The number of hydrogen-bond donors (Lipinski definition) is 3. The van der Waals surface area contributed by atoms with Gasteiger partial charge in [0, 0.05) is 6.07 Å². The molecule has 1 heterocycles. The second-order valence-corrected chi connectivity index (χ2v) is 3.72. The summed E-state index contributed by atoms with van der Waals surface area (Å²) in [4.78, 5) is 26.7. The van der Waals surface area contributed by atoms with Gasteiger partial charge < -0.3 is 4.98 Å².